The third-order valence-corrected chi connectivity index (χ3v) is 14.7. The van der Waals surface area contributed by atoms with Gasteiger partial charge in [0, 0.05) is 6.42 Å². The molecule has 0 radical (unpaired) electrons. The standard InChI is InChI=1S/C57H109NO13/c1-3-5-7-9-11-13-15-17-18-19-20-21-22-23-24-25-26-27-28-29-31-33-35-37-39-41-49(62)58-45(46(61)40-38-36-34-32-30-16-14-12-10-8-6-4-2)44-68-56-54(67)52(65)55(48(43-60)70-56)71-57-53(66)51(64)50(63)47(42-59)69-57/h19-20,45-48,50-57,59-61,63-67H,3-18,21-44H2,1-2H3,(H,58,62)/b20-19-. The number of ether oxygens (including phenoxy) is 4. The van der Waals surface area contributed by atoms with Gasteiger partial charge in [-0.25, -0.2) is 0 Å². The van der Waals surface area contributed by atoms with Crippen molar-refractivity contribution in [1.29, 1.82) is 0 Å². The molecule has 0 aliphatic carbocycles. The molecule has 0 bridgehead atoms. The Bertz CT molecular complexity index is 1240. The number of allylic oxidation sites excluding steroid dienone is 2. The molecule has 0 spiro atoms. The molecule has 0 aromatic carbocycles. The van der Waals surface area contributed by atoms with Crippen LogP contribution in [0, 0.1) is 0 Å². The third kappa shape index (κ3) is 30.2. The number of aliphatic hydroxyl groups excluding tert-OH is 8. The lowest BCUT2D eigenvalue weighted by Gasteiger charge is -2.46. The lowest BCUT2D eigenvalue weighted by Crippen LogP contribution is -2.65. The molecule has 2 saturated heterocycles. The predicted molar refractivity (Wildman–Crippen MR) is 282 cm³/mol. The average molecular weight is 1020 g/mol. The fourth-order valence-corrected chi connectivity index (χ4v) is 9.94. The molecule has 0 saturated carbocycles. The molecule has 2 rings (SSSR count). The highest BCUT2D eigenvalue weighted by Crippen LogP contribution is 2.30. The number of nitrogens with one attached hydrogen (secondary N) is 1. The quantitative estimate of drug-likeness (QED) is 0.0205. The van der Waals surface area contributed by atoms with E-state index in [0.717, 1.165) is 51.4 Å². The monoisotopic (exact) mass is 1020 g/mol. The second-order valence-electron chi connectivity index (χ2n) is 21.1. The van der Waals surface area contributed by atoms with Crippen molar-refractivity contribution in [2.45, 2.75) is 325 Å². The number of unbranched alkanes of at least 4 members (excludes halogenated alkanes) is 32. The molecule has 2 aliphatic rings. The Hall–Kier alpha value is -1.27. The first-order valence-corrected chi connectivity index (χ1v) is 29.4. The van der Waals surface area contributed by atoms with Crippen molar-refractivity contribution in [3.8, 4) is 0 Å². The Morgan fingerprint density at radius 3 is 1.34 bits per heavy atom. The first-order valence-electron chi connectivity index (χ1n) is 29.4. The molecule has 71 heavy (non-hydrogen) atoms. The van der Waals surface area contributed by atoms with Gasteiger partial charge in [-0.15, -0.1) is 0 Å². The van der Waals surface area contributed by atoms with Crippen molar-refractivity contribution >= 4 is 5.91 Å². The Balaban J connectivity index is 1.70. The van der Waals surface area contributed by atoms with E-state index in [1.165, 1.54) is 173 Å². The topological polar surface area (TPSA) is 228 Å². The second kappa shape index (κ2) is 43.9. The second-order valence-corrected chi connectivity index (χ2v) is 21.1. The highest BCUT2D eigenvalue weighted by molar-refractivity contribution is 5.76. The molecular formula is C57H109NO13. The number of hydrogen-bond acceptors (Lipinski definition) is 13. The molecule has 0 aromatic rings. The summed E-state index contributed by atoms with van der Waals surface area (Å²) >= 11 is 0. The van der Waals surface area contributed by atoms with Gasteiger partial charge in [0.15, 0.2) is 12.6 Å². The maximum absolute atomic E-state index is 13.2. The summed E-state index contributed by atoms with van der Waals surface area (Å²) < 4.78 is 22.8. The number of hydrogen-bond donors (Lipinski definition) is 9. The summed E-state index contributed by atoms with van der Waals surface area (Å²) in [6.07, 6.45) is 32.2. The van der Waals surface area contributed by atoms with E-state index in [1.807, 2.05) is 0 Å². The van der Waals surface area contributed by atoms with E-state index >= 15 is 0 Å². The molecule has 12 unspecified atom stereocenters. The Kier molecular flexibility index (Phi) is 40.7. The van der Waals surface area contributed by atoms with Crippen LogP contribution in [0.3, 0.4) is 0 Å². The minimum atomic E-state index is -1.78. The van der Waals surface area contributed by atoms with Crippen LogP contribution in [0.1, 0.15) is 251 Å². The van der Waals surface area contributed by atoms with Crippen molar-refractivity contribution < 1.29 is 64.6 Å². The van der Waals surface area contributed by atoms with Crippen molar-refractivity contribution in [1.82, 2.24) is 5.32 Å². The summed E-state index contributed by atoms with van der Waals surface area (Å²) in [6, 6.07) is -0.824. The molecule has 14 nitrogen and oxygen atoms in total. The van der Waals surface area contributed by atoms with Crippen LogP contribution in [0.4, 0.5) is 0 Å². The smallest absolute Gasteiger partial charge is 0.220 e. The van der Waals surface area contributed by atoms with Gasteiger partial charge in [0.25, 0.3) is 0 Å². The van der Waals surface area contributed by atoms with Crippen molar-refractivity contribution in [3.05, 3.63) is 12.2 Å². The van der Waals surface area contributed by atoms with Gasteiger partial charge in [0.1, 0.15) is 48.8 Å². The fourth-order valence-electron chi connectivity index (χ4n) is 9.94. The summed E-state index contributed by atoms with van der Waals surface area (Å²) in [5.41, 5.74) is 0. The van der Waals surface area contributed by atoms with Gasteiger partial charge in [0.05, 0.1) is 32.0 Å². The normalized spacial score (nSPS) is 25.8. The van der Waals surface area contributed by atoms with Gasteiger partial charge in [-0.3, -0.25) is 4.79 Å². The zero-order valence-corrected chi connectivity index (χ0v) is 45.0. The van der Waals surface area contributed by atoms with E-state index in [4.69, 9.17) is 18.9 Å². The van der Waals surface area contributed by atoms with Crippen molar-refractivity contribution in [2.75, 3.05) is 19.8 Å². The Morgan fingerprint density at radius 1 is 0.493 bits per heavy atom. The molecule has 14 heteroatoms. The van der Waals surface area contributed by atoms with Gasteiger partial charge >= 0.3 is 0 Å². The van der Waals surface area contributed by atoms with Crippen LogP contribution in [0.25, 0.3) is 0 Å². The van der Waals surface area contributed by atoms with Gasteiger partial charge in [-0.05, 0) is 38.5 Å². The minimum Gasteiger partial charge on any atom is -0.394 e. The van der Waals surface area contributed by atoms with Crippen LogP contribution in [-0.2, 0) is 23.7 Å². The summed E-state index contributed by atoms with van der Waals surface area (Å²) in [7, 11) is 0. The van der Waals surface area contributed by atoms with Gasteiger partial charge in [0.2, 0.25) is 5.91 Å². The molecule has 12 atom stereocenters. The Labute approximate surface area is 431 Å². The first-order chi connectivity index (χ1) is 34.6. The van der Waals surface area contributed by atoms with Crippen LogP contribution >= 0.6 is 0 Å². The van der Waals surface area contributed by atoms with Crippen molar-refractivity contribution in [3.63, 3.8) is 0 Å². The molecule has 2 heterocycles. The van der Waals surface area contributed by atoms with E-state index in [-0.39, 0.29) is 12.5 Å². The minimum absolute atomic E-state index is 0.204. The maximum atomic E-state index is 13.2. The number of amides is 1. The molecule has 2 aliphatic heterocycles. The van der Waals surface area contributed by atoms with Gasteiger partial charge in [-0.1, -0.05) is 219 Å². The van der Waals surface area contributed by atoms with Crippen LogP contribution in [-0.4, -0.2) is 140 Å². The molecule has 2 fully saturated rings. The maximum Gasteiger partial charge on any atom is 0.220 e. The van der Waals surface area contributed by atoms with Gasteiger partial charge in [-0.2, -0.15) is 0 Å². The zero-order chi connectivity index (χ0) is 51.7. The van der Waals surface area contributed by atoms with Crippen molar-refractivity contribution in [2.24, 2.45) is 0 Å². The van der Waals surface area contributed by atoms with E-state index < -0.39 is 86.8 Å². The van der Waals surface area contributed by atoms with Crippen LogP contribution < -0.4 is 5.32 Å². The number of carbonyl (C=O) groups is 1. The van der Waals surface area contributed by atoms with Gasteiger partial charge < -0.3 is 65.1 Å². The number of carbonyl (C=O) groups excluding carboxylic acids is 1. The van der Waals surface area contributed by atoms with E-state index in [2.05, 4.69) is 31.3 Å². The lowest BCUT2D eigenvalue weighted by atomic mass is 9.97. The molecule has 0 aromatic heterocycles. The number of aliphatic hydroxyl groups is 8. The summed E-state index contributed by atoms with van der Waals surface area (Å²) in [6.45, 7) is 2.87. The molecule has 1 amide bonds. The highest BCUT2D eigenvalue weighted by atomic mass is 16.7. The van der Waals surface area contributed by atoms with E-state index in [9.17, 15) is 45.6 Å². The zero-order valence-electron chi connectivity index (χ0n) is 45.0. The van der Waals surface area contributed by atoms with Crippen LogP contribution in [0.2, 0.25) is 0 Å². The molecule has 420 valence electrons. The Morgan fingerprint density at radius 2 is 0.887 bits per heavy atom. The van der Waals surface area contributed by atoms with Crippen LogP contribution in [0.5, 0.6) is 0 Å². The lowest BCUT2D eigenvalue weighted by molar-refractivity contribution is -0.359. The molecule has 9 N–H and O–H groups in total. The largest absolute Gasteiger partial charge is 0.394 e. The summed E-state index contributed by atoms with van der Waals surface area (Å²) in [4.78, 5) is 13.2. The van der Waals surface area contributed by atoms with Crippen LogP contribution in [0.15, 0.2) is 12.2 Å². The SMILES string of the molecule is CCCCCCCCCC/C=C\CCCCCCCCCCCCCCCC(=O)NC(COC1OC(CO)C(OC2OC(CO)C(O)C(O)C2O)C(O)C1O)C(O)CCCCCCCCCCCCCC. The summed E-state index contributed by atoms with van der Waals surface area (Å²) in [5.74, 6) is -0.204. The number of rotatable bonds is 47. The molecular weight excluding hydrogens is 907 g/mol. The average Bonchev–Trinajstić information content (AvgIpc) is 3.37. The summed E-state index contributed by atoms with van der Waals surface area (Å²) in [5, 5.41) is 87.1. The first kappa shape index (κ1) is 65.8. The fraction of sp³-hybridized carbons (Fsp3) is 0.947. The van der Waals surface area contributed by atoms with E-state index in [1.54, 1.807) is 0 Å². The third-order valence-electron chi connectivity index (χ3n) is 14.7. The van der Waals surface area contributed by atoms with E-state index in [0.29, 0.717) is 12.8 Å². The highest BCUT2D eigenvalue weighted by Gasteiger charge is 2.51. The predicted octanol–water partition coefficient (Wildman–Crippen LogP) is 9.50.